The van der Waals surface area contributed by atoms with Crippen molar-refractivity contribution in [2.75, 3.05) is 18.9 Å². The second-order valence-corrected chi connectivity index (χ2v) is 6.62. The molecule has 1 aromatic carbocycles. The highest BCUT2D eigenvalue weighted by molar-refractivity contribution is 5.80. The van der Waals surface area contributed by atoms with E-state index in [4.69, 9.17) is 0 Å². The third-order valence-electron chi connectivity index (χ3n) is 4.47. The zero-order valence-corrected chi connectivity index (χ0v) is 12.9. The van der Waals surface area contributed by atoms with Crippen LogP contribution in [0, 0.1) is 5.41 Å². The number of benzene rings is 1. The lowest BCUT2D eigenvalue weighted by molar-refractivity contribution is -0.131. The van der Waals surface area contributed by atoms with Gasteiger partial charge < -0.3 is 10.2 Å². The summed E-state index contributed by atoms with van der Waals surface area (Å²) in [5.74, 6) is 0.179. The van der Waals surface area contributed by atoms with Gasteiger partial charge in [-0.25, -0.2) is 0 Å². The van der Waals surface area contributed by atoms with Gasteiger partial charge in [0.25, 0.3) is 0 Å². The number of rotatable bonds is 4. The fraction of sp³-hybridized carbons (Fsp3) is 0.588. The van der Waals surface area contributed by atoms with Crippen LogP contribution in [0.15, 0.2) is 30.3 Å². The molecule has 0 unspecified atom stereocenters. The van der Waals surface area contributed by atoms with Gasteiger partial charge in [0.2, 0.25) is 5.91 Å². The minimum atomic E-state index is 0.179. The van der Waals surface area contributed by atoms with Crippen LogP contribution >= 0.6 is 0 Å². The molecule has 0 aliphatic heterocycles. The van der Waals surface area contributed by atoms with Gasteiger partial charge in [0.05, 0.1) is 6.54 Å². The zero-order valence-electron chi connectivity index (χ0n) is 12.9. The first-order valence-electron chi connectivity index (χ1n) is 7.52. The number of hydrogen-bond acceptors (Lipinski definition) is 2. The molecule has 0 heterocycles. The summed E-state index contributed by atoms with van der Waals surface area (Å²) in [4.78, 5) is 14.2. The maximum atomic E-state index is 12.2. The number of anilines is 1. The second kappa shape index (κ2) is 6.29. The van der Waals surface area contributed by atoms with Gasteiger partial charge in [-0.3, -0.25) is 4.79 Å². The fourth-order valence-electron chi connectivity index (χ4n) is 2.83. The van der Waals surface area contributed by atoms with E-state index < -0.39 is 0 Å². The summed E-state index contributed by atoms with van der Waals surface area (Å²) in [6.07, 6.45) is 4.67. The minimum Gasteiger partial charge on any atom is -0.376 e. The number of carbonyl (C=O) groups is 1. The summed E-state index contributed by atoms with van der Waals surface area (Å²) in [7, 11) is 1.94. The average Bonchev–Trinajstić information content (AvgIpc) is 2.45. The highest BCUT2D eigenvalue weighted by atomic mass is 16.2. The second-order valence-electron chi connectivity index (χ2n) is 6.62. The Morgan fingerprint density at radius 2 is 1.85 bits per heavy atom. The van der Waals surface area contributed by atoms with Gasteiger partial charge in [0.15, 0.2) is 0 Å². The van der Waals surface area contributed by atoms with Crippen molar-refractivity contribution < 1.29 is 4.79 Å². The quantitative estimate of drug-likeness (QED) is 0.911. The monoisotopic (exact) mass is 274 g/mol. The fourth-order valence-corrected chi connectivity index (χ4v) is 2.83. The third-order valence-corrected chi connectivity index (χ3v) is 4.47. The topological polar surface area (TPSA) is 32.3 Å². The largest absolute Gasteiger partial charge is 0.376 e. The normalized spacial score (nSPS) is 18.6. The van der Waals surface area contributed by atoms with Crippen molar-refractivity contribution in [1.82, 2.24) is 4.90 Å². The summed E-state index contributed by atoms with van der Waals surface area (Å²) < 4.78 is 0. The summed E-state index contributed by atoms with van der Waals surface area (Å²) in [5, 5.41) is 3.19. The minimum absolute atomic E-state index is 0.179. The molecule has 3 nitrogen and oxygen atoms in total. The molecule has 0 radical (unpaired) electrons. The van der Waals surface area contributed by atoms with E-state index in [-0.39, 0.29) is 5.91 Å². The van der Waals surface area contributed by atoms with Crippen LogP contribution in [0.4, 0.5) is 5.69 Å². The van der Waals surface area contributed by atoms with Gasteiger partial charge in [-0.15, -0.1) is 0 Å². The maximum Gasteiger partial charge on any atom is 0.241 e. The first kappa shape index (κ1) is 14.9. The van der Waals surface area contributed by atoms with Crippen LogP contribution in [0.1, 0.15) is 39.5 Å². The third kappa shape index (κ3) is 3.99. The smallest absolute Gasteiger partial charge is 0.241 e. The Bertz CT molecular complexity index is 432. The Morgan fingerprint density at radius 1 is 1.25 bits per heavy atom. The molecule has 2 rings (SSSR count). The van der Waals surface area contributed by atoms with Crippen LogP contribution in [-0.4, -0.2) is 30.4 Å². The number of nitrogens with zero attached hydrogens (tertiary/aromatic N) is 1. The van der Waals surface area contributed by atoms with Crippen molar-refractivity contribution in [2.24, 2.45) is 5.41 Å². The lowest BCUT2D eigenvalue weighted by atomic mass is 9.75. The molecule has 3 heteroatoms. The van der Waals surface area contributed by atoms with Crippen molar-refractivity contribution in [3.8, 4) is 0 Å². The summed E-state index contributed by atoms with van der Waals surface area (Å²) in [5.41, 5.74) is 1.45. The van der Waals surface area contributed by atoms with Crippen molar-refractivity contribution in [1.29, 1.82) is 0 Å². The Kier molecular flexibility index (Phi) is 4.69. The molecule has 110 valence electrons. The molecule has 0 atom stereocenters. The van der Waals surface area contributed by atoms with Crippen molar-refractivity contribution in [2.45, 2.75) is 45.6 Å². The summed E-state index contributed by atoms with van der Waals surface area (Å²) in [6, 6.07) is 10.3. The Balaban J connectivity index is 1.80. The molecule has 20 heavy (non-hydrogen) atoms. The van der Waals surface area contributed by atoms with E-state index in [2.05, 4.69) is 19.2 Å². The molecule has 0 aromatic heterocycles. The van der Waals surface area contributed by atoms with Gasteiger partial charge >= 0.3 is 0 Å². The molecule has 0 bridgehead atoms. The van der Waals surface area contributed by atoms with Crippen LogP contribution < -0.4 is 5.32 Å². The Morgan fingerprint density at radius 3 is 2.45 bits per heavy atom. The number of hydrogen-bond donors (Lipinski definition) is 1. The van der Waals surface area contributed by atoms with E-state index in [0.29, 0.717) is 18.0 Å². The van der Waals surface area contributed by atoms with Crippen molar-refractivity contribution >= 4 is 11.6 Å². The Labute approximate surface area is 122 Å². The highest BCUT2D eigenvalue weighted by Crippen LogP contribution is 2.36. The van der Waals surface area contributed by atoms with Gasteiger partial charge in [-0.2, -0.15) is 0 Å². The first-order chi connectivity index (χ1) is 9.48. The van der Waals surface area contributed by atoms with Crippen LogP contribution in [0.3, 0.4) is 0 Å². The molecule has 1 saturated carbocycles. The number of amides is 1. The molecular weight excluding hydrogens is 248 g/mol. The average molecular weight is 274 g/mol. The molecule has 1 aliphatic rings. The standard InChI is InChI=1S/C17H26N2O/c1-17(2)11-9-15(10-12-17)19(3)16(20)13-18-14-7-5-4-6-8-14/h4-8,15,18H,9-13H2,1-3H3. The number of likely N-dealkylation sites (N-methyl/N-ethyl adjacent to an activating group) is 1. The van der Waals surface area contributed by atoms with E-state index in [9.17, 15) is 4.79 Å². The molecule has 1 fully saturated rings. The Hall–Kier alpha value is -1.51. The predicted octanol–water partition coefficient (Wildman–Crippen LogP) is 3.53. The molecular formula is C17H26N2O. The van der Waals surface area contributed by atoms with E-state index in [1.54, 1.807) is 0 Å². The van der Waals surface area contributed by atoms with Crippen LogP contribution in [-0.2, 0) is 4.79 Å². The summed E-state index contributed by atoms with van der Waals surface area (Å²) >= 11 is 0. The molecule has 0 saturated heterocycles. The van der Waals surface area contributed by atoms with Gasteiger partial charge in [-0.1, -0.05) is 32.0 Å². The van der Waals surface area contributed by atoms with Gasteiger partial charge in [0.1, 0.15) is 0 Å². The van der Waals surface area contributed by atoms with E-state index in [1.165, 1.54) is 12.8 Å². The molecule has 1 N–H and O–H groups in total. The molecule has 1 aliphatic carbocycles. The van der Waals surface area contributed by atoms with Gasteiger partial charge in [-0.05, 0) is 43.2 Å². The number of nitrogens with one attached hydrogen (secondary N) is 1. The number of para-hydroxylation sites is 1. The van der Waals surface area contributed by atoms with Crippen LogP contribution in [0.25, 0.3) is 0 Å². The van der Waals surface area contributed by atoms with Crippen LogP contribution in [0.5, 0.6) is 0 Å². The lowest BCUT2D eigenvalue weighted by Gasteiger charge is -2.38. The van der Waals surface area contributed by atoms with E-state index >= 15 is 0 Å². The SMILES string of the molecule is CN(C(=O)CNc1ccccc1)C1CCC(C)(C)CC1. The van der Waals surface area contributed by atoms with Crippen molar-refractivity contribution in [3.63, 3.8) is 0 Å². The zero-order chi connectivity index (χ0) is 14.6. The van der Waals surface area contributed by atoms with E-state index in [0.717, 1.165) is 18.5 Å². The van der Waals surface area contributed by atoms with Crippen LogP contribution in [0.2, 0.25) is 0 Å². The van der Waals surface area contributed by atoms with Gasteiger partial charge in [0, 0.05) is 18.8 Å². The predicted molar refractivity (Wildman–Crippen MR) is 83.7 cm³/mol. The molecule has 1 amide bonds. The lowest BCUT2D eigenvalue weighted by Crippen LogP contribution is -2.43. The van der Waals surface area contributed by atoms with E-state index in [1.807, 2.05) is 42.3 Å². The highest BCUT2D eigenvalue weighted by Gasteiger charge is 2.30. The van der Waals surface area contributed by atoms with Crippen molar-refractivity contribution in [3.05, 3.63) is 30.3 Å². The molecule has 0 spiro atoms. The first-order valence-corrected chi connectivity index (χ1v) is 7.52. The molecule has 1 aromatic rings. The number of carbonyl (C=O) groups excluding carboxylic acids is 1. The summed E-state index contributed by atoms with van der Waals surface area (Å²) in [6.45, 7) is 5.02. The maximum absolute atomic E-state index is 12.2.